The van der Waals surface area contributed by atoms with Crippen molar-refractivity contribution in [2.45, 2.75) is 44.6 Å². The molecule has 1 fully saturated rings. The average Bonchev–Trinajstić information content (AvgIpc) is 1.94. The zero-order valence-electron chi connectivity index (χ0n) is 7.21. The minimum atomic E-state index is -0.513. The van der Waals surface area contributed by atoms with E-state index in [4.69, 9.17) is 5.11 Å². The minimum Gasteiger partial charge on any atom is -0.396 e. The molecule has 0 aromatic rings. The molecule has 1 saturated carbocycles. The molecule has 0 aromatic heterocycles. The molecule has 0 radical (unpaired) electrons. The highest BCUT2D eigenvalue weighted by molar-refractivity contribution is 4.85. The van der Waals surface area contributed by atoms with E-state index in [0.717, 1.165) is 25.7 Å². The Labute approximate surface area is 68.2 Å². The maximum absolute atomic E-state index is 9.85. The molecular formula is C9H18O2. The number of hydrogen-bond donors (Lipinski definition) is 2. The van der Waals surface area contributed by atoms with Gasteiger partial charge in [0.25, 0.3) is 0 Å². The summed E-state index contributed by atoms with van der Waals surface area (Å²) in [5.74, 6) is 0.321. The van der Waals surface area contributed by atoms with Crippen LogP contribution in [0.3, 0.4) is 0 Å². The molecule has 0 aliphatic heterocycles. The molecule has 2 N–H and O–H groups in total. The third-order valence-corrected chi connectivity index (χ3v) is 2.84. The molecule has 0 bridgehead atoms. The largest absolute Gasteiger partial charge is 0.396 e. The van der Waals surface area contributed by atoms with Gasteiger partial charge in [0.05, 0.1) is 5.60 Å². The summed E-state index contributed by atoms with van der Waals surface area (Å²) >= 11 is 0. The Morgan fingerprint density at radius 1 is 1.45 bits per heavy atom. The summed E-state index contributed by atoms with van der Waals surface area (Å²) in [6, 6.07) is 0. The number of rotatable bonds is 2. The highest BCUT2D eigenvalue weighted by Crippen LogP contribution is 2.35. The van der Waals surface area contributed by atoms with E-state index in [1.807, 2.05) is 6.92 Å². The Hall–Kier alpha value is -0.0800. The van der Waals surface area contributed by atoms with Crippen LogP contribution >= 0.6 is 0 Å². The minimum absolute atomic E-state index is 0.209. The second kappa shape index (κ2) is 3.55. The van der Waals surface area contributed by atoms with Gasteiger partial charge in [0.1, 0.15) is 0 Å². The first kappa shape index (κ1) is 9.01. The van der Waals surface area contributed by atoms with Crippen molar-refractivity contribution in [3.05, 3.63) is 0 Å². The Kier molecular flexibility index (Phi) is 2.90. The normalized spacial score (nSPS) is 39.0. The highest BCUT2D eigenvalue weighted by Gasteiger charge is 2.33. The summed E-state index contributed by atoms with van der Waals surface area (Å²) in [6.45, 7) is 2.10. The Morgan fingerprint density at radius 3 is 2.73 bits per heavy atom. The molecule has 2 nitrogen and oxygen atoms in total. The van der Waals surface area contributed by atoms with Gasteiger partial charge in [0.2, 0.25) is 0 Å². The van der Waals surface area contributed by atoms with Gasteiger partial charge in [-0.15, -0.1) is 0 Å². The van der Waals surface area contributed by atoms with E-state index in [0.29, 0.717) is 5.92 Å². The van der Waals surface area contributed by atoms with Crippen LogP contribution in [0.4, 0.5) is 0 Å². The van der Waals surface area contributed by atoms with Crippen molar-refractivity contribution in [3.8, 4) is 0 Å². The van der Waals surface area contributed by atoms with Gasteiger partial charge in [-0.2, -0.15) is 0 Å². The third-order valence-electron chi connectivity index (χ3n) is 2.84. The van der Waals surface area contributed by atoms with Crippen LogP contribution in [0.25, 0.3) is 0 Å². The average molecular weight is 158 g/mol. The monoisotopic (exact) mass is 158 g/mol. The molecule has 0 aromatic carbocycles. The molecule has 2 atom stereocenters. The van der Waals surface area contributed by atoms with Gasteiger partial charge < -0.3 is 10.2 Å². The lowest BCUT2D eigenvalue weighted by atomic mass is 9.75. The molecule has 0 amide bonds. The first-order valence-corrected chi connectivity index (χ1v) is 4.50. The van der Waals surface area contributed by atoms with E-state index in [1.54, 1.807) is 0 Å². The lowest BCUT2D eigenvalue weighted by molar-refractivity contribution is -0.0399. The zero-order valence-corrected chi connectivity index (χ0v) is 7.21. The van der Waals surface area contributed by atoms with Crippen LogP contribution < -0.4 is 0 Å². The molecule has 0 unspecified atom stereocenters. The molecule has 0 spiro atoms. The van der Waals surface area contributed by atoms with E-state index in [1.165, 1.54) is 6.42 Å². The smallest absolute Gasteiger partial charge is 0.0648 e. The van der Waals surface area contributed by atoms with Crippen LogP contribution in [-0.4, -0.2) is 22.4 Å². The lowest BCUT2D eigenvalue weighted by Crippen LogP contribution is -2.37. The number of aliphatic hydroxyl groups excluding tert-OH is 1. The number of aliphatic hydroxyl groups is 2. The third kappa shape index (κ3) is 2.17. The van der Waals surface area contributed by atoms with Gasteiger partial charge in [0.15, 0.2) is 0 Å². The molecule has 66 valence electrons. The highest BCUT2D eigenvalue weighted by atomic mass is 16.3. The zero-order chi connectivity index (χ0) is 8.32. The number of hydrogen-bond acceptors (Lipinski definition) is 2. The SMILES string of the molecule is C[C@@]1(O)CCCC[C@@H]1CCO. The van der Waals surface area contributed by atoms with Crippen molar-refractivity contribution in [1.29, 1.82) is 0 Å². The van der Waals surface area contributed by atoms with Crippen LogP contribution in [0.5, 0.6) is 0 Å². The van der Waals surface area contributed by atoms with Gasteiger partial charge in [-0.25, -0.2) is 0 Å². The maximum atomic E-state index is 9.85. The van der Waals surface area contributed by atoms with Crippen molar-refractivity contribution >= 4 is 0 Å². The van der Waals surface area contributed by atoms with Gasteiger partial charge >= 0.3 is 0 Å². The lowest BCUT2D eigenvalue weighted by Gasteiger charge is -2.36. The first-order chi connectivity index (χ1) is 5.17. The van der Waals surface area contributed by atoms with Crippen molar-refractivity contribution in [3.63, 3.8) is 0 Å². The van der Waals surface area contributed by atoms with Crippen molar-refractivity contribution in [2.75, 3.05) is 6.61 Å². The van der Waals surface area contributed by atoms with Gasteiger partial charge in [-0.1, -0.05) is 12.8 Å². The predicted octanol–water partition coefficient (Wildman–Crippen LogP) is 1.31. The van der Waals surface area contributed by atoms with Crippen LogP contribution in [0, 0.1) is 5.92 Å². The molecular weight excluding hydrogens is 140 g/mol. The van der Waals surface area contributed by atoms with E-state index < -0.39 is 5.60 Å². The standard InChI is InChI=1S/C9H18O2/c1-9(11)6-3-2-4-8(9)5-7-10/h8,10-11H,2-7H2,1H3/t8-,9-/m1/s1. The fourth-order valence-corrected chi connectivity index (χ4v) is 2.00. The summed E-state index contributed by atoms with van der Waals surface area (Å²) < 4.78 is 0. The molecule has 0 heterocycles. The van der Waals surface area contributed by atoms with Crippen LogP contribution in [0.15, 0.2) is 0 Å². The van der Waals surface area contributed by atoms with E-state index in [-0.39, 0.29) is 6.61 Å². The van der Waals surface area contributed by atoms with E-state index in [2.05, 4.69) is 0 Å². The van der Waals surface area contributed by atoms with E-state index in [9.17, 15) is 5.11 Å². The van der Waals surface area contributed by atoms with E-state index >= 15 is 0 Å². The quantitative estimate of drug-likeness (QED) is 0.636. The summed E-state index contributed by atoms with van der Waals surface area (Å²) in [5.41, 5.74) is -0.513. The van der Waals surface area contributed by atoms with Crippen LogP contribution in [0.2, 0.25) is 0 Å². The van der Waals surface area contributed by atoms with Crippen LogP contribution in [-0.2, 0) is 0 Å². The Morgan fingerprint density at radius 2 is 2.18 bits per heavy atom. The van der Waals surface area contributed by atoms with Gasteiger partial charge in [-0.3, -0.25) is 0 Å². The van der Waals surface area contributed by atoms with Crippen molar-refractivity contribution < 1.29 is 10.2 Å². The fraction of sp³-hybridized carbons (Fsp3) is 1.00. The van der Waals surface area contributed by atoms with Crippen LogP contribution in [0.1, 0.15) is 39.0 Å². The Bertz CT molecular complexity index is 119. The maximum Gasteiger partial charge on any atom is 0.0648 e. The molecule has 11 heavy (non-hydrogen) atoms. The summed E-state index contributed by atoms with van der Waals surface area (Å²) in [7, 11) is 0. The molecule has 0 saturated heterocycles. The predicted molar refractivity (Wildman–Crippen MR) is 44.3 cm³/mol. The molecule has 2 heteroatoms. The molecule has 1 rings (SSSR count). The fourth-order valence-electron chi connectivity index (χ4n) is 2.00. The molecule has 1 aliphatic rings. The second-order valence-corrected chi connectivity index (χ2v) is 3.81. The van der Waals surface area contributed by atoms with Gasteiger partial charge in [0, 0.05) is 6.61 Å². The van der Waals surface area contributed by atoms with Crippen molar-refractivity contribution in [2.24, 2.45) is 5.92 Å². The molecule has 1 aliphatic carbocycles. The topological polar surface area (TPSA) is 40.5 Å². The van der Waals surface area contributed by atoms with Crippen molar-refractivity contribution in [1.82, 2.24) is 0 Å². The summed E-state index contributed by atoms with van der Waals surface area (Å²) in [5, 5.41) is 18.6. The second-order valence-electron chi connectivity index (χ2n) is 3.81. The summed E-state index contributed by atoms with van der Waals surface area (Å²) in [6.07, 6.45) is 5.08. The summed E-state index contributed by atoms with van der Waals surface area (Å²) in [4.78, 5) is 0. The van der Waals surface area contributed by atoms with Gasteiger partial charge in [-0.05, 0) is 32.1 Å². The Balaban J connectivity index is 2.45. The first-order valence-electron chi connectivity index (χ1n) is 4.50.